The Labute approximate surface area is 152 Å². The number of rotatable bonds is 7. The number of phenolic OH excluding ortho intramolecular Hbond substituents is 1. The number of nitrogens with zero attached hydrogens (tertiary/aromatic N) is 2. The normalized spacial score (nSPS) is 11.1. The van der Waals surface area contributed by atoms with Gasteiger partial charge in [-0.15, -0.1) is 0 Å². The quantitative estimate of drug-likeness (QED) is 0.674. The summed E-state index contributed by atoms with van der Waals surface area (Å²) >= 11 is 0. The Balaban J connectivity index is 1.74. The third-order valence-corrected chi connectivity index (χ3v) is 4.11. The lowest BCUT2D eigenvalue weighted by Gasteiger charge is -2.18. The third kappa shape index (κ3) is 4.03. The fourth-order valence-electron chi connectivity index (χ4n) is 2.90. The van der Waals surface area contributed by atoms with Crippen LogP contribution in [0.4, 0.5) is 4.39 Å². The molecule has 0 radical (unpaired) electrons. The van der Waals surface area contributed by atoms with Crippen LogP contribution in [0.3, 0.4) is 0 Å². The molecule has 26 heavy (non-hydrogen) atoms. The van der Waals surface area contributed by atoms with Gasteiger partial charge in [0, 0.05) is 29.8 Å². The van der Waals surface area contributed by atoms with Gasteiger partial charge in [-0.05, 0) is 44.3 Å². The maximum Gasteiger partial charge on any atom is 0.162 e. The maximum absolute atomic E-state index is 13.1. The van der Waals surface area contributed by atoms with Crippen LogP contribution in [0.25, 0.3) is 11.3 Å². The van der Waals surface area contributed by atoms with Crippen LogP contribution in [0, 0.1) is 5.82 Å². The number of benzene rings is 2. The lowest BCUT2D eigenvalue weighted by Crippen LogP contribution is -2.17. The standard InChI is InChI=1S/C20H22FN3O2/c1-3-26-18-6-4-5-15(20(18)25)12-24(2)13-16-11-22-23-19(16)14-7-9-17(21)10-8-14/h4-11,25H,3,12-13H2,1-2H3,(H,22,23). The predicted octanol–water partition coefficient (Wildman–Crippen LogP) is 3.95. The highest BCUT2D eigenvalue weighted by molar-refractivity contribution is 5.62. The molecule has 0 saturated carbocycles. The highest BCUT2D eigenvalue weighted by Gasteiger charge is 2.13. The number of para-hydroxylation sites is 1. The number of aromatic nitrogens is 2. The molecular formula is C20H22FN3O2. The second-order valence-electron chi connectivity index (χ2n) is 6.15. The number of halogens is 1. The Hall–Kier alpha value is -2.86. The van der Waals surface area contributed by atoms with Crippen molar-refractivity contribution in [3.8, 4) is 22.8 Å². The Bertz CT molecular complexity index is 862. The van der Waals surface area contributed by atoms with Gasteiger partial charge in [-0.3, -0.25) is 10.00 Å². The van der Waals surface area contributed by atoms with Gasteiger partial charge in [0.05, 0.1) is 18.5 Å². The van der Waals surface area contributed by atoms with E-state index >= 15 is 0 Å². The molecule has 0 aliphatic rings. The van der Waals surface area contributed by atoms with E-state index in [9.17, 15) is 9.50 Å². The first-order chi connectivity index (χ1) is 12.6. The van der Waals surface area contributed by atoms with Gasteiger partial charge in [-0.1, -0.05) is 12.1 Å². The van der Waals surface area contributed by atoms with Crippen molar-refractivity contribution in [3.05, 3.63) is 65.6 Å². The van der Waals surface area contributed by atoms with E-state index in [2.05, 4.69) is 15.1 Å². The van der Waals surface area contributed by atoms with Gasteiger partial charge >= 0.3 is 0 Å². The van der Waals surface area contributed by atoms with Gasteiger partial charge in [-0.2, -0.15) is 5.10 Å². The van der Waals surface area contributed by atoms with Crippen LogP contribution in [0.2, 0.25) is 0 Å². The fraction of sp³-hybridized carbons (Fsp3) is 0.250. The molecule has 3 aromatic rings. The average Bonchev–Trinajstić information content (AvgIpc) is 3.07. The number of hydrogen-bond donors (Lipinski definition) is 2. The van der Waals surface area contributed by atoms with Gasteiger partial charge in [0.15, 0.2) is 11.5 Å². The summed E-state index contributed by atoms with van der Waals surface area (Å²) in [6.07, 6.45) is 1.77. The number of aromatic amines is 1. The maximum atomic E-state index is 13.1. The molecule has 2 N–H and O–H groups in total. The van der Waals surface area contributed by atoms with Gasteiger partial charge in [-0.25, -0.2) is 4.39 Å². The molecule has 0 aliphatic carbocycles. The molecule has 0 amide bonds. The molecule has 0 unspecified atom stereocenters. The molecule has 0 atom stereocenters. The fourth-order valence-corrected chi connectivity index (χ4v) is 2.90. The molecule has 1 aromatic heterocycles. The second kappa shape index (κ2) is 8.01. The van der Waals surface area contributed by atoms with E-state index in [0.29, 0.717) is 25.4 Å². The van der Waals surface area contributed by atoms with E-state index in [1.54, 1.807) is 24.4 Å². The van der Waals surface area contributed by atoms with Crippen LogP contribution in [-0.4, -0.2) is 33.9 Å². The van der Waals surface area contributed by atoms with Crippen LogP contribution in [-0.2, 0) is 13.1 Å². The summed E-state index contributed by atoms with van der Waals surface area (Å²) in [7, 11) is 1.97. The van der Waals surface area contributed by atoms with Gasteiger partial charge < -0.3 is 9.84 Å². The number of hydrogen-bond acceptors (Lipinski definition) is 4. The predicted molar refractivity (Wildman–Crippen MR) is 98.4 cm³/mol. The molecule has 6 heteroatoms. The molecule has 1 heterocycles. The van der Waals surface area contributed by atoms with Crippen molar-refractivity contribution in [3.63, 3.8) is 0 Å². The van der Waals surface area contributed by atoms with Crippen LogP contribution < -0.4 is 4.74 Å². The van der Waals surface area contributed by atoms with Crippen molar-refractivity contribution in [2.45, 2.75) is 20.0 Å². The van der Waals surface area contributed by atoms with Crippen LogP contribution in [0.5, 0.6) is 11.5 Å². The van der Waals surface area contributed by atoms with Crippen molar-refractivity contribution in [2.75, 3.05) is 13.7 Å². The zero-order valence-corrected chi connectivity index (χ0v) is 14.9. The summed E-state index contributed by atoms with van der Waals surface area (Å²) in [5.41, 5.74) is 3.54. The van der Waals surface area contributed by atoms with Gasteiger partial charge in [0.2, 0.25) is 0 Å². The minimum atomic E-state index is -0.267. The summed E-state index contributed by atoms with van der Waals surface area (Å²) in [6, 6.07) is 11.8. The molecule has 0 saturated heterocycles. The van der Waals surface area contributed by atoms with Crippen molar-refractivity contribution >= 4 is 0 Å². The van der Waals surface area contributed by atoms with E-state index in [1.807, 2.05) is 26.1 Å². The minimum Gasteiger partial charge on any atom is -0.504 e. The molecule has 0 bridgehead atoms. The highest BCUT2D eigenvalue weighted by atomic mass is 19.1. The minimum absolute atomic E-state index is 0.173. The van der Waals surface area contributed by atoms with Crippen molar-refractivity contribution in [1.82, 2.24) is 15.1 Å². The summed E-state index contributed by atoms with van der Waals surface area (Å²) in [6.45, 7) is 3.57. The van der Waals surface area contributed by atoms with E-state index in [0.717, 1.165) is 22.4 Å². The largest absolute Gasteiger partial charge is 0.504 e. The van der Waals surface area contributed by atoms with E-state index in [1.165, 1.54) is 12.1 Å². The van der Waals surface area contributed by atoms with Crippen molar-refractivity contribution < 1.29 is 14.2 Å². The molecule has 5 nitrogen and oxygen atoms in total. The lowest BCUT2D eigenvalue weighted by molar-refractivity contribution is 0.297. The SMILES string of the molecule is CCOc1cccc(CN(C)Cc2cn[nH]c2-c2ccc(F)cc2)c1O. The first-order valence-electron chi connectivity index (χ1n) is 8.49. The van der Waals surface area contributed by atoms with Crippen LogP contribution in [0.15, 0.2) is 48.7 Å². The number of ether oxygens (including phenoxy) is 1. The van der Waals surface area contributed by atoms with Crippen LogP contribution in [0.1, 0.15) is 18.1 Å². The molecule has 0 fully saturated rings. The van der Waals surface area contributed by atoms with E-state index in [4.69, 9.17) is 4.74 Å². The lowest BCUT2D eigenvalue weighted by atomic mass is 10.1. The van der Waals surface area contributed by atoms with Gasteiger partial charge in [0.1, 0.15) is 5.82 Å². The number of phenols is 1. The van der Waals surface area contributed by atoms with Crippen LogP contribution >= 0.6 is 0 Å². The topological polar surface area (TPSA) is 61.4 Å². The highest BCUT2D eigenvalue weighted by Crippen LogP contribution is 2.31. The first kappa shape index (κ1) is 17.9. The smallest absolute Gasteiger partial charge is 0.162 e. The monoisotopic (exact) mass is 355 g/mol. The molecule has 3 rings (SSSR count). The Kier molecular flexibility index (Phi) is 5.53. The van der Waals surface area contributed by atoms with Crippen molar-refractivity contribution in [2.24, 2.45) is 0 Å². The molecule has 2 aromatic carbocycles. The number of aromatic hydroxyl groups is 1. The summed E-state index contributed by atoms with van der Waals surface area (Å²) in [4.78, 5) is 2.07. The average molecular weight is 355 g/mol. The van der Waals surface area contributed by atoms with Crippen molar-refractivity contribution in [1.29, 1.82) is 0 Å². The number of nitrogens with one attached hydrogen (secondary N) is 1. The first-order valence-corrected chi connectivity index (χ1v) is 8.49. The Morgan fingerprint density at radius 1 is 1.12 bits per heavy atom. The second-order valence-corrected chi connectivity index (χ2v) is 6.15. The molecule has 0 spiro atoms. The third-order valence-electron chi connectivity index (χ3n) is 4.11. The number of H-pyrrole nitrogens is 1. The van der Waals surface area contributed by atoms with E-state index < -0.39 is 0 Å². The zero-order valence-electron chi connectivity index (χ0n) is 14.9. The molecular weight excluding hydrogens is 333 g/mol. The molecule has 136 valence electrons. The molecule has 0 aliphatic heterocycles. The Morgan fingerprint density at radius 3 is 2.58 bits per heavy atom. The summed E-state index contributed by atoms with van der Waals surface area (Å²) < 4.78 is 18.6. The Morgan fingerprint density at radius 2 is 1.85 bits per heavy atom. The zero-order chi connectivity index (χ0) is 18.5. The van der Waals surface area contributed by atoms with E-state index in [-0.39, 0.29) is 11.6 Å². The summed E-state index contributed by atoms with van der Waals surface area (Å²) in [5.74, 6) is 0.400. The van der Waals surface area contributed by atoms with Gasteiger partial charge in [0.25, 0.3) is 0 Å². The summed E-state index contributed by atoms with van der Waals surface area (Å²) in [5, 5.41) is 17.4.